The molecule has 0 spiro atoms. The van der Waals surface area contributed by atoms with Gasteiger partial charge in [-0.2, -0.15) is 0 Å². The topological polar surface area (TPSA) is 55.5 Å². The highest BCUT2D eigenvalue weighted by molar-refractivity contribution is 9.10. The average Bonchev–Trinajstić information content (AvgIpc) is 3.09. The molecule has 1 N–H and O–H groups in total. The Morgan fingerprint density at radius 1 is 1.28 bits per heavy atom. The van der Waals surface area contributed by atoms with E-state index in [1.54, 1.807) is 12.1 Å². The first-order valence-corrected chi connectivity index (χ1v) is 10.3. The lowest BCUT2D eigenvalue weighted by Gasteiger charge is -2.26. The van der Waals surface area contributed by atoms with Crippen LogP contribution in [0.15, 0.2) is 58.0 Å². The van der Waals surface area contributed by atoms with Gasteiger partial charge in [-0.15, -0.1) is 0 Å². The minimum atomic E-state index is -0.00604. The molecule has 0 saturated heterocycles. The zero-order chi connectivity index (χ0) is 20.5. The van der Waals surface area contributed by atoms with Gasteiger partial charge in [0.15, 0.2) is 5.76 Å². The molecular formula is C24H22BrNO3. The quantitative estimate of drug-likeness (QED) is 0.455. The Morgan fingerprint density at radius 3 is 2.90 bits per heavy atom. The molecule has 29 heavy (non-hydrogen) atoms. The number of ether oxygens (including phenoxy) is 1. The van der Waals surface area contributed by atoms with Crippen LogP contribution in [0.1, 0.15) is 46.0 Å². The number of rotatable bonds is 5. The maximum atomic E-state index is 10.5. The summed E-state index contributed by atoms with van der Waals surface area (Å²) < 4.78 is 12.6. The van der Waals surface area contributed by atoms with Crippen molar-refractivity contribution in [2.45, 2.75) is 26.2 Å². The van der Waals surface area contributed by atoms with E-state index in [1.807, 2.05) is 44.2 Å². The number of aromatic nitrogens is 1. The van der Waals surface area contributed by atoms with Gasteiger partial charge in [-0.05, 0) is 62.2 Å². The zero-order valence-corrected chi connectivity index (χ0v) is 18.0. The molecule has 1 atom stereocenters. The Morgan fingerprint density at radius 2 is 2.10 bits per heavy atom. The van der Waals surface area contributed by atoms with Crippen molar-refractivity contribution in [3.63, 3.8) is 0 Å². The summed E-state index contributed by atoms with van der Waals surface area (Å²) in [5.41, 5.74) is 5.89. The molecule has 2 aromatic carbocycles. The van der Waals surface area contributed by atoms with Crippen molar-refractivity contribution in [1.29, 1.82) is 0 Å². The molecule has 1 aliphatic carbocycles. The fourth-order valence-corrected chi connectivity index (χ4v) is 4.27. The number of aromatic hydroxyl groups is 1. The first-order chi connectivity index (χ1) is 14.0. The SMILES string of the molecule is C=CCOc1ccc(Br)cc1C1CC(c2cc(C)ccc2O)=Cc2onc(C)c21. The number of fused-ring (bicyclic) bond motifs is 1. The van der Waals surface area contributed by atoms with Crippen LogP contribution in [0.5, 0.6) is 11.5 Å². The van der Waals surface area contributed by atoms with Crippen LogP contribution >= 0.6 is 15.9 Å². The van der Waals surface area contributed by atoms with Gasteiger partial charge >= 0.3 is 0 Å². The Labute approximate surface area is 178 Å². The molecule has 1 aromatic heterocycles. The standard InChI is InChI=1S/C24H22BrNO3/c1-4-9-28-22-8-6-17(25)13-19(22)20-11-16(12-23-24(20)15(3)26-29-23)18-10-14(2)5-7-21(18)27/h4-8,10,12-13,20,27H,1,9,11H2,2-3H3. The van der Waals surface area contributed by atoms with Crippen LogP contribution < -0.4 is 4.74 Å². The summed E-state index contributed by atoms with van der Waals surface area (Å²) in [6.07, 6.45) is 4.43. The maximum Gasteiger partial charge on any atom is 0.164 e. The van der Waals surface area contributed by atoms with Gasteiger partial charge in [0.25, 0.3) is 0 Å². The number of nitrogens with zero attached hydrogens (tertiary/aromatic N) is 1. The van der Waals surface area contributed by atoms with E-state index in [9.17, 15) is 5.11 Å². The highest BCUT2D eigenvalue weighted by Gasteiger charge is 2.31. The highest BCUT2D eigenvalue weighted by Crippen LogP contribution is 2.47. The summed E-state index contributed by atoms with van der Waals surface area (Å²) in [5.74, 6) is 1.79. The van der Waals surface area contributed by atoms with Crippen molar-refractivity contribution in [2.24, 2.45) is 0 Å². The van der Waals surface area contributed by atoms with E-state index >= 15 is 0 Å². The van der Waals surface area contributed by atoms with Gasteiger partial charge in [0.2, 0.25) is 0 Å². The first kappa shape index (κ1) is 19.5. The van der Waals surface area contributed by atoms with Gasteiger partial charge in [0, 0.05) is 27.1 Å². The van der Waals surface area contributed by atoms with E-state index in [4.69, 9.17) is 9.26 Å². The second-order valence-electron chi connectivity index (χ2n) is 7.27. The van der Waals surface area contributed by atoms with E-state index < -0.39 is 0 Å². The van der Waals surface area contributed by atoms with Crippen molar-refractivity contribution in [3.05, 3.63) is 87.2 Å². The molecule has 0 saturated carbocycles. The van der Waals surface area contributed by atoms with Gasteiger partial charge in [-0.3, -0.25) is 0 Å². The zero-order valence-electron chi connectivity index (χ0n) is 16.4. The van der Waals surface area contributed by atoms with Gasteiger partial charge < -0.3 is 14.4 Å². The lowest BCUT2D eigenvalue weighted by Crippen LogP contribution is -2.11. The summed E-state index contributed by atoms with van der Waals surface area (Å²) in [5, 5.41) is 14.7. The van der Waals surface area contributed by atoms with E-state index in [-0.39, 0.29) is 11.7 Å². The van der Waals surface area contributed by atoms with E-state index in [0.29, 0.717) is 13.0 Å². The molecule has 1 heterocycles. The third-order valence-electron chi connectivity index (χ3n) is 5.22. The summed E-state index contributed by atoms with van der Waals surface area (Å²) in [6, 6.07) is 11.7. The summed E-state index contributed by atoms with van der Waals surface area (Å²) in [6.45, 7) is 8.16. The third kappa shape index (κ3) is 3.75. The summed E-state index contributed by atoms with van der Waals surface area (Å²) in [7, 11) is 0. The molecule has 3 aromatic rings. The Bertz CT molecular complexity index is 1110. The molecule has 0 aliphatic heterocycles. The van der Waals surface area contributed by atoms with Crippen LogP contribution in [0.2, 0.25) is 0 Å². The van der Waals surface area contributed by atoms with Crippen molar-refractivity contribution in [2.75, 3.05) is 6.61 Å². The van der Waals surface area contributed by atoms with Crippen LogP contribution in [-0.2, 0) is 0 Å². The van der Waals surface area contributed by atoms with Crippen molar-refractivity contribution >= 4 is 27.6 Å². The van der Waals surface area contributed by atoms with Crippen molar-refractivity contribution in [1.82, 2.24) is 5.16 Å². The molecule has 0 bridgehead atoms. The fourth-order valence-electron chi connectivity index (χ4n) is 3.89. The Kier molecular flexibility index (Phi) is 5.33. The normalized spacial score (nSPS) is 15.6. The highest BCUT2D eigenvalue weighted by atomic mass is 79.9. The minimum absolute atomic E-state index is 0.00604. The second-order valence-corrected chi connectivity index (χ2v) is 8.19. The van der Waals surface area contributed by atoms with Crippen LogP contribution in [0.4, 0.5) is 0 Å². The number of benzene rings is 2. The molecule has 148 valence electrons. The predicted octanol–water partition coefficient (Wildman–Crippen LogP) is 6.40. The monoisotopic (exact) mass is 451 g/mol. The maximum absolute atomic E-state index is 10.5. The summed E-state index contributed by atoms with van der Waals surface area (Å²) >= 11 is 3.59. The molecule has 0 fully saturated rings. The predicted molar refractivity (Wildman–Crippen MR) is 118 cm³/mol. The van der Waals surface area contributed by atoms with Crippen LogP contribution in [0, 0.1) is 13.8 Å². The second kappa shape index (κ2) is 7.91. The van der Waals surface area contributed by atoms with Gasteiger partial charge in [-0.1, -0.05) is 45.4 Å². The van der Waals surface area contributed by atoms with Crippen molar-refractivity contribution in [3.8, 4) is 11.5 Å². The number of allylic oxidation sites excluding steroid dienone is 1. The third-order valence-corrected chi connectivity index (χ3v) is 5.71. The first-order valence-electron chi connectivity index (χ1n) is 9.47. The van der Waals surface area contributed by atoms with Gasteiger partial charge in [0.05, 0.1) is 5.69 Å². The minimum Gasteiger partial charge on any atom is -0.507 e. The fraction of sp³-hybridized carbons (Fsp3) is 0.208. The molecule has 1 unspecified atom stereocenters. The molecule has 4 nitrogen and oxygen atoms in total. The lowest BCUT2D eigenvalue weighted by atomic mass is 9.78. The number of aryl methyl sites for hydroxylation is 2. The van der Waals surface area contributed by atoms with Gasteiger partial charge in [0.1, 0.15) is 18.1 Å². The van der Waals surface area contributed by atoms with Crippen molar-refractivity contribution < 1.29 is 14.4 Å². The number of hydrogen-bond donors (Lipinski definition) is 1. The number of hydrogen-bond acceptors (Lipinski definition) is 4. The van der Waals surface area contributed by atoms with Crippen LogP contribution in [0.25, 0.3) is 11.6 Å². The number of halogens is 1. The van der Waals surface area contributed by atoms with E-state index in [2.05, 4.69) is 33.7 Å². The van der Waals surface area contributed by atoms with Crippen LogP contribution in [-0.4, -0.2) is 16.9 Å². The lowest BCUT2D eigenvalue weighted by molar-refractivity contribution is 0.357. The molecule has 5 heteroatoms. The molecular weight excluding hydrogens is 430 g/mol. The molecule has 1 aliphatic rings. The smallest absolute Gasteiger partial charge is 0.164 e. The average molecular weight is 452 g/mol. The molecule has 0 radical (unpaired) electrons. The Balaban J connectivity index is 1.86. The molecule has 0 amide bonds. The Hall–Kier alpha value is -2.79. The van der Waals surface area contributed by atoms with Gasteiger partial charge in [-0.25, -0.2) is 0 Å². The van der Waals surface area contributed by atoms with Crippen LogP contribution in [0.3, 0.4) is 0 Å². The van der Waals surface area contributed by atoms with E-state index in [0.717, 1.165) is 49.5 Å². The van der Waals surface area contributed by atoms with E-state index in [1.165, 1.54) is 0 Å². The number of phenols is 1. The number of phenolic OH excluding ortho intramolecular Hbond substituents is 1. The largest absolute Gasteiger partial charge is 0.507 e. The molecule has 4 rings (SSSR count). The summed E-state index contributed by atoms with van der Waals surface area (Å²) in [4.78, 5) is 0.